The minimum Gasteiger partial charge on any atom is -0.497 e. The predicted octanol–water partition coefficient (Wildman–Crippen LogP) is 2.80. The SMILES string of the molecule is COc1ccc(C(=O)N2CCOc3ccc(N(C)C)cc3C2)cc1. The molecule has 0 N–H and O–H groups in total. The summed E-state index contributed by atoms with van der Waals surface area (Å²) in [4.78, 5) is 16.7. The minimum atomic E-state index is 0.00404. The van der Waals surface area contributed by atoms with Crippen LogP contribution in [-0.4, -0.2) is 45.2 Å². The molecule has 3 rings (SSSR count). The van der Waals surface area contributed by atoms with Crippen LogP contribution >= 0.6 is 0 Å². The summed E-state index contributed by atoms with van der Waals surface area (Å²) >= 11 is 0. The van der Waals surface area contributed by atoms with Crippen molar-refractivity contribution < 1.29 is 14.3 Å². The van der Waals surface area contributed by atoms with Gasteiger partial charge in [-0.1, -0.05) is 0 Å². The second-order valence-electron chi connectivity index (χ2n) is 5.99. The van der Waals surface area contributed by atoms with Crippen molar-refractivity contribution in [1.82, 2.24) is 4.90 Å². The monoisotopic (exact) mass is 326 g/mol. The molecule has 0 saturated carbocycles. The number of anilines is 1. The van der Waals surface area contributed by atoms with Gasteiger partial charge in [0.2, 0.25) is 0 Å². The van der Waals surface area contributed by atoms with Crippen LogP contribution in [0, 0.1) is 0 Å². The molecule has 0 fully saturated rings. The first-order valence-electron chi connectivity index (χ1n) is 7.95. The van der Waals surface area contributed by atoms with Crippen molar-refractivity contribution in [3.05, 3.63) is 53.6 Å². The third kappa shape index (κ3) is 3.30. The van der Waals surface area contributed by atoms with Crippen LogP contribution in [0.2, 0.25) is 0 Å². The Morgan fingerprint density at radius 3 is 2.58 bits per heavy atom. The van der Waals surface area contributed by atoms with E-state index in [2.05, 4.69) is 6.07 Å². The van der Waals surface area contributed by atoms with Gasteiger partial charge in [-0.3, -0.25) is 4.79 Å². The van der Waals surface area contributed by atoms with Gasteiger partial charge < -0.3 is 19.3 Å². The third-order valence-corrected chi connectivity index (χ3v) is 4.16. The van der Waals surface area contributed by atoms with Gasteiger partial charge in [-0.2, -0.15) is 0 Å². The molecule has 0 saturated heterocycles. The van der Waals surface area contributed by atoms with E-state index in [-0.39, 0.29) is 5.91 Å². The first-order chi connectivity index (χ1) is 11.6. The summed E-state index contributed by atoms with van der Waals surface area (Å²) in [7, 11) is 5.61. The summed E-state index contributed by atoms with van der Waals surface area (Å²) in [5, 5.41) is 0. The normalized spacial score (nSPS) is 13.5. The fourth-order valence-corrected chi connectivity index (χ4v) is 2.75. The van der Waals surface area contributed by atoms with Crippen molar-refractivity contribution in [3.63, 3.8) is 0 Å². The Morgan fingerprint density at radius 2 is 1.92 bits per heavy atom. The molecule has 0 aliphatic carbocycles. The van der Waals surface area contributed by atoms with Crippen molar-refractivity contribution >= 4 is 11.6 Å². The van der Waals surface area contributed by atoms with Crippen LogP contribution < -0.4 is 14.4 Å². The molecule has 0 spiro atoms. The number of fused-ring (bicyclic) bond motifs is 1. The smallest absolute Gasteiger partial charge is 0.254 e. The van der Waals surface area contributed by atoms with E-state index in [1.807, 2.05) is 36.0 Å². The standard InChI is InChI=1S/C19H22N2O3/c1-20(2)16-6-9-18-15(12-16)13-21(10-11-24-18)19(22)14-4-7-17(23-3)8-5-14/h4-9,12H,10-11,13H2,1-3H3. The van der Waals surface area contributed by atoms with Gasteiger partial charge in [0.1, 0.15) is 18.1 Å². The second-order valence-corrected chi connectivity index (χ2v) is 5.99. The number of hydrogen-bond donors (Lipinski definition) is 0. The third-order valence-electron chi connectivity index (χ3n) is 4.16. The molecule has 126 valence electrons. The quantitative estimate of drug-likeness (QED) is 0.870. The highest BCUT2D eigenvalue weighted by atomic mass is 16.5. The summed E-state index contributed by atoms with van der Waals surface area (Å²) in [6, 6.07) is 13.3. The number of carbonyl (C=O) groups excluding carboxylic acids is 1. The molecule has 5 heteroatoms. The highest BCUT2D eigenvalue weighted by Gasteiger charge is 2.21. The Morgan fingerprint density at radius 1 is 1.17 bits per heavy atom. The molecule has 1 aliphatic rings. The van der Waals surface area contributed by atoms with E-state index in [1.54, 1.807) is 31.4 Å². The average Bonchev–Trinajstić information content (AvgIpc) is 2.82. The average molecular weight is 326 g/mol. The molecule has 0 atom stereocenters. The first kappa shape index (κ1) is 16.2. The van der Waals surface area contributed by atoms with E-state index in [9.17, 15) is 4.79 Å². The summed E-state index contributed by atoms with van der Waals surface area (Å²) in [5.74, 6) is 1.60. The lowest BCUT2D eigenvalue weighted by Crippen LogP contribution is -2.32. The lowest BCUT2D eigenvalue weighted by Gasteiger charge is -2.21. The van der Waals surface area contributed by atoms with Crippen LogP contribution in [-0.2, 0) is 6.54 Å². The number of hydrogen-bond acceptors (Lipinski definition) is 4. The fourth-order valence-electron chi connectivity index (χ4n) is 2.75. The summed E-state index contributed by atoms with van der Waals surface area (Å²) in [6.45, 7) is 1.61. The number of methoxy groups -OCH3 is 1. The van der Waals surface area contributed by atoms with Crippen molar-refractivity contribution in [2.75, 3.05) is 39.3 Å². The molecular weight excluding hydrogens is 304 g/mol. The van der Waals surface area contributed by atoms with Gasteiger partial charge in [0.05, 0.1) is 13.7 Å². The molecule has 1 aliphatic heterocycles. The van der Waals surface area contributed by atoms with Crippen LogP contribution in [0.1, 0.15) is 15.9 Å². The summed E-state index contributed by atoms with van der Waals surface area (Å²) < 4.78 is 11.0. The molecule has 5 nitrogen and oxygen atoms in total. The van der Waals surface area contributed by atoms with Gasteiger partial charge in [-0.25, -0.2) is 0 Å². The van der Waals surface area contributed by atoms with E-state index in [4.69, 9.17) is 9.47 Å². The zero-order valence-corrected chi connectivity index (χ0v) is 14.3. The Hall–Kier alpha value is -2.69. The second kappa shape index (κ2) is 6.83. The maximum atomic E-state index is 12.8. The van der Waals surface area contributed by atoms with Gasteiger partial charge in [-0.05, 0) is 42.5 Å². The highest BCUT2D eigenvalue weighted by molar-refractivity contribution is 5.94. The minimum absolute atomic E-state index is 0.00404. The summed E-state index contributed by atoms with van der Waals surface area (Å²) in [6.07, 6.45) is 0. The number of rotatable bonds is 3. The van der Waals surface area contributed by atoms with Crippen molar-refractivity contribution in [2.45, 2.75) is 6.54 Å². The predicted molar refractivity (Wildman–Crippen MR) is 94.0 cm³/mol. The van der Waals surface area contributed by atoms with Crippen LogP contribution in [0.5, 0.6) is 11.5 Å². The zero-order chi connectivity index (χ0) is 17.1. The fraction of sp³-hybridized carbons (Fsp3) is 0.316. The Bertz CT molecular complexity index is 726. The van der Waals surface area contributed by atoms with E-state index in [0.29, 0.717) is 25.3 Å². The lowest BCUT2D eigenvalue weighted by molar-refractivity contribution is 0.0733. The van der Waals surface area contributed by atoms with Gasteiger partial charge in [-0.15, -0.1) is 0 Å². The number of carbonyl (C=O) groups is 1. The van der Waals surface area contributed by atoms with Gasteiger partial charge in [0.15, 0.2) is 0 Å². The van der Waals surface area contributed by atoms with Crippen LogP contribution in [0.15, 0.2) is 42.5 Å². The lowest BCUT2D eigenvalue weighted by atomic mass is 10.1. The highest BCUT2D eigenvalue weighted by Crippen LogP contribution is 2.28. The van der Waals surface area contributed by atoms with E-state index < -0.39 is 0 Å². The maximum Gasteiger partial charge on any atom is 0.254 e. The first-order valence-corrected chi connectivity index (χ1v) is 7.95. The molecule has 0 radical (unpaired) electrons. The summed E-state index contributed by atoms with van der Waals surface area (Å²) in [5.41, 5.74) is 2.78. The van der Waals surface area contributed by atoms with Crippen LogP contribution in [0.4, 0.5) is 5.69 Å². The molecule has 2 aromatic rings. The molecule has 0 aromatic heterocycles. The molecule has 2 aromatic carbocycles. The van der Waals surface area contributed by atoms with E-state index in [0.717, 1.165) is 22.7 Å². The van der Waals surface area contributed by atoms with Gasteiger partial charge >= 0.3 is 0 Å². The van der Waals surface area contributed by atoms with Crippen LogP contribution in [0.3, 0.4) is 0 Å². The van der Waals surface area contributed by atoms with E-state index in [1.165, 1.54) is 0 Å². The molecule has 1 amide bonds. The van der Waals surface area contributed by atoms with Crippen molar-refractivity contribution in [3.8, 4) is 11.5 Å². The zero-order valence-electron chi connectivity index (χ0n) is 14.3. The Kier molecular flexibility index (Phi) is 4.60. The molecule has 24 heavy (non-hydrogen) atoms. The Balaban J connectivity index is 1.83. The number of ether oxygens (including phenoxy) is 2. The van der Waals surface area contributed by atoms with Crippen LogP contribution in [0.25, 0.3) is 0 Å². The van der Waals surface area contributed by atoms with E-state index >= 15 is 0 Å². The number of nitrogens with zero attached hydrogens (tertiary/aromatic N) is 2. The van der Waals surface area contributed by atoms with Crippen molar-refractivity contribution in [2.24, 2.45) is 0 Å². The molecular formula is C19H22N2O3. The number of amides is 1. The largest absolute Gasteiger partial charge is 0.497 e. The molecule has 1 heterocycles. The Labute approximate surface area is 142 Å². The molecule has 0 bridgehead atoms. The van der Waals surface area contributed by atoms with Gasteiger partial charge in [0, 0.05) is 37.5 Å². The molecule has 0 unspecified atom stereocenters. The number of benzene rings is 2. The topological polar surface area (TPSA) is 42.0 Å². The van der Waals surface area contributed by atoms with Gasteiger partial charge in [0.25, 0.3) is 5.91 Å². The van der Waals surface area contributed by atoms with Crippen molar-refractivity contribution in [1.29, 1.82) is 0 Å². The maximum absolute atomic E-state index is 12.8.